The number of hydrogen-bond donors (Lipinski definition) is 2. The molecule has 1 atom stereocenters. The van der Waals surface area contributed by atoms with Crippen LogP contribution in [0.15, 0.2) is 24.4 Å². The van der Waals surface area contributed by atoms with Crippen LogP contribution in [0.4, 0.5) is 4.39 Å². The Labute approximate surface area is 157 Å². The number of nitrogens with one attached hydrogen (secondary N) is 1. The summed E-state index contributed by atoms with van der Waals surface area (Å²) < 4.78 is 14.8. The monoisotopic (exact) mass is 373 g/mol. The molecule has 2 aliphatic rings. The molecule has 7 nitrogen and oxygen atoms in total. The Hall–Kier alpha value is -2.45. The number of benzene rings is 1. The number of piperazine rings is 1. The van der Waals surface area contributed by atoms with E-state index in [1.54, 1.807) is 17.9 Å². The third-order valence-electron chi connectivity index (χ3n) is 5.42. The van der Waals surface area contributed by atoms with Gasteiger partial charge in [-0.2, -0.15) is 5.10 Å². The number of aryl methyl sites for hydroxylation is 1. The maximum atomic E-state index is 13.3. The van der Waals surface area contributed by atoms with Crippen LogP contribution in [0, 0.1) is 12.7 Å². The minimum absolute atomic E-state index is 0.0414. The number of aromatic nitrogens is 2. The number of hydrogen-bond acceptors (Lipinski definition) is 5. The average Bonchev–Trinajstić information content (AvgIpc) is 3.29. The lowest BCUT2D eigenvalue weighted by molar-refractivity contribution is 0.0764. The van der Waals surface area contributed by atoms with Crippen molar-refractivity contribution < 1.29 is 14.3 Å². The van der Waals surface area contributed by atoms with Crippen LogP contribution in [0.3, 0.4) is 0 Å². The predicted molar refractivity (Wildman–Crippen MR) is 98.7 cm³/mol. The molecule has 2 aromatic rings. The number of likely N-dealkylation sites (tertiary alicyclic amines) is 1. The first-order valence-electron chi connectivity index (χ1n) is 9.32. The van der Waals surface area contributed by atoms with Crippen molar-refractivity contribution in [3.8, 4) is 11.4 Å². The molecule has 3 heterocycles. The van der Waals surface area contributed by atoms with Crippen molar-refractivity contribution in [1.82, 2.24) is 24.9 Å². The molecule has 1 amide bonds. The molecule has 0 bridgehead atoms. The second-order valence-electron chi connectivity index (χ2n) is 7.22. The van der Waals surface area contributed by atoms with E-state index in [0.717, 1.165) is 32.6 Å². The molecule has 1 unspecified atom stereocenters. The Kier molecular flexibility index (Phi) is 4.84. The normalized spacial score (nSPS) is 21.0. The number of nitrogens with zero attached hydrogens (tertiary/aromatic N) is 4. The topological polar surface area (TPSA) is 73.6 Å². The summed E-state index contributed by atoms with van der Waals surface area (Å²) in [4.78, 5) is 17.1. The van der Waals surface area contributed by atoms with Crippen molar-refractivity contribution >= 4 is 5.91 Å². The molecule has 27 heavy (non-hydrogen) atoms. The van der Waals surface area contributed by atoms with Gasteiger partial charge in [0.2, 0.25) is 0 Å². The summed E-state index contributed by atoms with van der Waals surface area (Å²) in [5.74, 6) is -0.752. The first-order chi connectivity index (χ1) is 13.0. The summed E-state index contributed by atoms with van der Waals surface area (Å²) in [6.07, 6.45) is 2.33. The van der Waals surface area contributed by atoms with Gasteiger partial charge in [-0.25, -0.2) is 9.07 Å². The van der Waals surface area contributed by atoms with E-state index in [-0.39, 0.29) is 23.2 Å². The largest absolute Gasteiger partial charge is 0.504 e. The molecule has 0 radical (unpaired) electrons. The van der Waals surface area contributed by atoms with Gasteiger partial charge in [-0.15, -0.1) is 0 Å². The van der Waals surface area contributed by atoms with Crippen molar-refractivity contribution in [2.24, 2.45) is 0 Å². The molecule has 0 aliphatic carbocycles. The lowest BCUT2D eigenvalue weighted by Crippen LogP contribution is -2.49. The van der Waals surface area contributed by atoms with Crippen LogP contribution < -0.4 is 5.32 Å². The van der Waals surface area contributed by atoms with Gasteiger partial charge in [0.05, 0.1) is 11.9 Å². The lowest BCUT2D eigenvalue weighted by atomic mass is 10.2. The van der Waals surface area contributed by atoms with Crippen LogP contribution in [0.25, 0.3) is 5.69 Å². The van der Waals surface area contributed by atoms with Gasteiger partial charge in [0, 0.05) is 45.3 Å². The molecule has 2 fully saturated rings. The molecule has 0 saturated carbocycles. The Morgan fingerprint density at radius 1 is 1.30 bits per heavy atom. The highest BCUT2D eigenvalue weighted by Crippen LogP contribution is 2.24. The van der Waals surface area contributed by atoms with Gasteiger partial charge in [-0.1, -0.05) is 0 Å². The second kappa shape index (κ2) is 7.28. The SMILES string of the molecule is Cc1cc(F)ccc1-n1cc(O)c(C(=O)N2CCC(N3CCNCC3)C2)n1. The summed E-state index contributed by atoms with van der Waals surface area (Å²) in [7, 11) is 0. The summed E-state index contributed by atoms with van der Waals surface area (Å²) in [6.45, 7) is 7.03. The summed E-state index contributed by atoms with van der Waals surface area (Å²) in [5, 5.41) is 17.9. The molecule has 2 saturated heterocycles. The van der Waals surface area contributed by atoms with Crippen LogP contribution in [0.1, 0.15) is 22.5 Å². The van der Waals surface area contributed by atoms with E-state index < -0.39 is 0 Å². The number of carbonyl (C=O) groups is 1. The Balaban J connectivity index is 1.50. The predicted octanol–water partition coefficient (Wildman–Crippen LogP) is 1.15. The van der Waals surface area contributed by atoms with E-state index in [1.165, 1.54) is 23.0 Å². The van der Waals surface area contributed by atoms with Gasteiger partial charge in [-0.3, -0.25) is 9.69 Å². The maximum absolute atomic E-state index is 13.3. The number of carbonyl (C=O) groups excluding carboxylic acids is 1. The minimum atomic E-state index is -0.333. The Bertz CT molecular complexity index is 847. The summed E-state index contributed by atoms with van der Waals surface area (Å²) in [6, 6.07) is 4.68. The van der Waals surface area contributed by atoms with Gasteiger partial charge in [-0.05, 0) is 37.1 Å². The highest BCUT2D eigenvalue weighted by Gasteiger charge is 2.33. The maximum Gasteiger partial charge on any atom is 0.278 e. The summed E-state index contributed by atoms with van der Waals surface area (Å²) >= 11 is 0. The molecular weight excluding hydrogens is 349 g/mol. The fourth-order valence-corrected chi connectivity index (χ4v) is 3.94. The third-order valence-corrected chi connectivity index (χ3v) is 5.42. The second-order valence-corrected chi connectivity index (χ2v) is 7.22. The minimum Gasteiger partial charge on any atom is -0.504 e. The molecule has 2 N–H and O–H groups in total. The van der Waals surface area contributed by atoms with Crippen LogP contribution in [0.5, 0.6) is 5.75 Å². The van der Waals surface area contributed by atoms with E-state index in [0.29, 0.717) is 30.4 Å². The third kappa shape index (κ3) is 3.54. The average molecular weight is 373 g/mol. The molecule has 8 heteroatoms. The molecule has 144 valence electrons. The van der Waals surface area contributed by atoms with Crippen molar-refractivity contribution in [3.63, 3.8) is 0 Å². The fourth-order valence-electron chi connectivity index (χ4n) is 3.94. The molecule has 0 spiro atoms. The molecule has 1 aromatic carbocycles. The summed E-state index contributed by atoms with van der Waals surface area (Å²) in [5.41, 5.74) is 1.35. The first-order valence-corrected chi connectivity index (χ1v) is 9.32. The number of rotatable bonds is 3. The van der Waals surface area contributed by atoms with E-state index in [9.17, 15) is 14.3 Å². The highest BCUT2D eigenvalue weighted by atomic mass is 19.1. The van der Waals surface area contributed by atoms with Crippen LogP contribution >= 0.6 is 0 Å². The van der Waals surface area contributed by atoms with Gasteiger partial charge in [0.25, 0.3) is 5.91 Å². The van der Waals surface area contributed by atoms with E-state index >= 15 is 0 Å². The highest BCUT2D eigenvalue weighted by molar-refractivity contribution is 5.95. The molecule has 2 aliphatic heterocycles. The first kappa shape index (κ1) is 17.9. The number of halogens is 1. The smallest absolute Gasteiger partial charge is 0.278 e. The molecular formula is C19H24FN5O2. The van der Waals surface area contributed by atoms with Crippen LogP contribution in [-0.2, 0) is 0 Å². The Morgan fingerprint density at radius 3 is 2.81 bits per heavy atom. The molecule has 1 aromatic heterocycles. The quantitative estimate of drug-likeness (QED) is 0.844. The Morgan fingerprint density at radius 2 is 2.07 bits per heavy atom. The zero-order valence-corrected chi connectivity index (χ0v) is 15.4. The van der Waals surface area contributed by atoms with Crippen LogP contribution in [0.2, 0.25) is 0 Å². The van der Waals surface area contributed by atoms with E-state index in [2.05, 4.69) is 15.3 Å². The molecule has 4 rings (SSSR count). The number of aromatic hydroxyl groups is 1. The van der Waals surface area contributed by atoms with Gasteiger partial charge >= 0.3 is 0 Å². The van der Waals surface area contributed by atoms with Gasteiger partial charge < -0.3 is 15.3 Å². The van der Waals surface area contributed by atoms with Crippen molar-refractivity contribution in [1.29, 1.82) is 0 Å². The van der Waals surface area contributed by atoms with Crippen molar-refractivity contribution in [2.45, 2.75) is 19.4 Å². The fraction of sp³-hybridized carbons (Fsp3) is 0.474. The van der Waals surface area contributed by atoms with Crippen molar-refractivity contribution in [2.75, 3.05) is 39.3 Å². The lowest BCUT2D eigenvalue weighted by Gasteiger charge is -2.32. The number of amides is 1. The van der Waals surface area contributed by atoms with E-state index in [1.807, 2.05) is 0 Å². The van der Waals surface area contributed by atoms with Crippen molar-refractivity contribution in [3.05, 3.63) is 41.5 Å². The standard InChI is InChI=1S/C19H24FN5O2/c1-13-10-14(20)2-3-16(13)25-12-17(26)18(22-25)19(27)24-7-4-15(11-24)23-8-5-21-6-9-23/h2-3,10,12,15,21,26H,4-9,11H2,1H3. The zero-order chi connectivity index (χ0) is 19.0. The zero-order valence-electron chi connectivity index (χ0n) is 15.4. The van der Waals surface area contributed by atoms with Gasteiger partial charge in [0.1, 0.15) is 5.82 Å². The van der Waals surface area contributed by atoms with E-state index in [4.69, 9.17) is 0 Å². The van der Waals surface area contributed by atoms with Crippen LogP contribution in [-0.4, -0.2) is 75.9 Å². The van der Waals surface area contributed by atoms with Gasteiger partial charge in [0.15, 0.2) is 11.4 Å².